The summed E-state index contributed by atoms with van der Waals surface area (Å²) >= 11 is 0. The highest BCUT2D eigenvalue weighted by Crippen LogP contribution is 2.36. The number of rotatable bonds is 4. The van der Waals surface area contributed by atoms with Gasteiger partial charge in [0, 0.05) is 12.6 Å². The normalized spacial score (nSPS) is 26.9. The van der Waals surface area contributed by atoms with Crippen molar-refractivity contribution in [3.8, 4) is 5.75 Å². The lowest BCUT2D eigenvalue weighted by Gasteiger charge is -2.35. The quantitative estimate of drug-likeness (QED) is 0.865. The maximum Gasteiger partial charge on any atom is 0.182 e. The maximum atomic E-state index is 12.9. The molecule has 2 aliphatic rings. The lowest BCUT2D eigenvalue weighted by atomic mass is 9.81. The van der Waals surface area contributed by atoms with E-state index in [0.717, 1.165) is 19.4 Å². The molecule has 2 fully saturated rings. The van der Waals surface area contributed by atoms with Gasteiger partial charge in [-0.2, -0.15) is 0 Å². The number of phenols is 1. The van der Waals surface area contributed by atoms with E-state index in [1.54, 1.807) is 0 Å². The molecule has 0 bridgehead atoms. The minimum absolute atomic E-state index is 0.0946. The molecule has 2 aromatic carbocycles. The fraction of sp³-hybridized carbons (Fsp3) is 0.455. The van der Waals surface area contributed by atoms with Gasteiger partial charge < -0.3 is 5.11 Å². The molecule has 144 valence electrons. The summed E-state index contributed by atoms with van der Waals surface area (Å²) in [6.45, 7) is 1.49. The highest BCUT2D eigenvalue weighted by molar-refractivity contribution is 7.92. The van der Waals surface area contributed by atoms with Gasteiger partial charge in [0.15, 0.2) is 9.84 Å². The first kappa shape index (κ1) is 18.5. The van der Waals surface area contributed by atoms with E-state index in [9.17, 15) is 13.5 Å². The van der Waals surface area contributed by atoms with Gasteiger partial charge in [-0.3, -0.25) is 4.90 Å². The second-order valence-electron chi connectivity index (χ2n) is 7.86. The van der Waals surface area contributed by atoms with E-state index in [0.29, 0.717) is 29.8 Å². The zero-order valence-corrected chi connectivity index (χ0v) is 16.3. The second kappa shape index (κ2) is 7.64. The summed E-state index contributed by atoms with van der Waals surface area (Å²) in [5, 5.41) is 9.06. The van der Waals surface area contributed by atoms with Gasteiger partial charge in [0.05, 0.1) is 10.1 Å². The Hall–Kier alpha value is -1.85. The summed E-state index contributed by atoms with van der Waals surface area (Å²) in [4.78, 5) is 2.71. The fourth-order valence-corrected chi connectivity index (χ4v) is 6.37. The van der Waals surface area contributed by atoms with E-state index in [4.69, 9.17) is 0 Å². The van der Waals surface area contributed by atoms with Gasteiger partial charge in [-0.25, -0.2) is 8.42 Å². The van der Waals surface area contributed by atoms with Crippen molar-refractivity contribution in [2.75, 3.05) is 13.1 Å². The summed E-state index contributed by atoms with van der Waals surface area (Å²) in [5.41, 5.74) is 1.44. The number of benzene rings is 2. The number of hydrogen-bond acceptors (Lipinski definition) is 4. The van der Waals surface area contributed by atoms with E-state index >= 15 is 0 Å². The van der Waals surface area contributed by atoms with Crippen LogP contribution in [0, 0.1) is 0 Å². The first-order chi connectivity index (χ1) is 13.0. The number of hydrogen-bond donors (Lipinski definition) is 1. The predicted octanol–water partition coefficient (Wildman–Crippen LogP) is 3.97. The van der Waals surface area contributed by atoms with Crippen LogP contribution in [0.3, 0.4) is 0 Å². The number of sulfone groups is 1. The highest BCUT2D eigenvalue weighted by Gasteiger charge is 2.37. The molecule has 0 spiro atoms. The SMILES string of the molecule is O=S(=O)(c1ccc(O)cc1)C1CCN([C@H]2CC[C@@H](c3ccccc3)CC2)C1. The van der Waals surface area contributed by atoms with E-state index < -0.39 is 9.84 Å². The van der Waals surface area contributed by atoms with Crippen LogP contribution in [0.15, 0.2) is 59.5 Å². The average Bonchev–Trinajstić information content (AvgIpc) is 3.20. The van der Waals surface area contributed by atoms with Crippen LogP contribution in [0.4, 0.5) is 0 Å². The molecule has 27 heavy (non-hydrogen) atoms. The number of aromatic hydroxyl groups is 1. The van der Waals surface area contributed by atoms with Crippen LogP contribution in [0.25, 0.3) is 0 Å². The van der Waals surface area contributed by atoms with E-state index in [1.165, 1.54) is 42.7 Å². The Balaban J connectivity index is 1.37. The molecular weight excluding hydrogens is 358 g/mol. The molecule has 5 heteroatoms. The highest BCUT2D eigenvalue weighted by atomic mass is 32.2. The van der Waals surface area contributed by atoms with Crippen LogP contribution in [0.1, 0.15) is 43.6 Å². The molecule has 1 saturated heterocycles. The third kappa shape index (κ3) is 3.90. The molecule has 1 heterocycles. The molecule has 4 rings (SSSR count). The predicted molar refractivity (Wildman–Crippen MR) is 107 cm³/mol. The standard InChI is InChI=1S/C22H27NO3S/c24-20-10-12-21(13-11-20)27(25,26)22-14-15-23(16-22)19-8-6-18(7-9-19)17-4-2-1-3-5-17/h1-5,10-13,18-19,22,24H,6-9,14-16H2/t18-,19+,22?. The molecular formula is C22H27NO3S. The van der Waals surface area contributed by atoms with Crippen molar-refractivity contribution >= 4 is 9.84 Å². The Bertz CT molecular complexity index is 856. The van der Waals surface area contributed by atoms with Gasteiger partial charge >= 0.3 is 0 Å². The summed E-state index contributed by atoms with van der Waals surface area (Å²) < 4.78 is 25.8. The minimum atomic E-state index is -3.33. The molecule has 1 atom stereocenters. The van der Waals surface area contributed by atoms with Crippen molar-refractivity contribution in [3.05, 3.63) is 60.2 Å². The third-order valence-corrected chi connectivity index (χ3v) is 8.46. The van der Waals surface area contributed by atoms with Gasteiger partial charge in [0.2, 0.25) is 0 Å². The van der Waals surface area contributed by atoms with Crippen LogP contribution in [-0.2, 0) is 9.84 Å². The lowest BCUT2D eigenvalue weighted by molar-refractivity contribution is 0.182. The molecule has 1 unspecified atom stereocenters. The average molecular weight is 386 g/mol. The fourth-order valence-electron chi connectivity index (χ4n) is 4.67. The Kier molecular flexibility index (Phi) is 5.24. The topological polar surface area (TPSA) is 57.6 Å². The molecule has 1 aliphatic heterocycles. The van der Waals surface area contributed by atoms with Gasteiger partial charge in [0.1, 0.15) is 5.75 Å². The van der Waals surface area contributed by atoms with Gasteiger partial charge in [-0.05, 0) is 74.4 Å². The van der Waals surface area contributed by atoms with Gasteiger partial charge in [-0.15, -0.1) is 0 Å². The van der Waals surface area contributed by atoms with Crippen LogP contribution in [0.5, 0.6) is 5.75 Å². The van der Waals surface area contributed by atoms with Crippen LogP contribution < -0.4 is 0 Å². The van der Waals surface area contributed by atoms with Crippen molar-refractivity contribution in [1.29, 1.82) is 0 Å². The Morgan fingerprint density at radius 3 is 2.19 bits per heavy atom. The van der Waals surface area contributed by atoms with Gasteiger partial charge in [0.25, 0.3) is 0 Å². The first-order valence-corrected chi connectivity index (χ1v) is 11.4. The number of likely N-dealkylation sites (tertiary alicyclic amines) is 1. The Labute approximate surface area is 161 Å². The van der Waals surface area contributed by atoms with Crippen molar-refractivity contribution in [3.63, 3.8) is 0 Å². The zero-order valence-electron chi connectivity index (χ0n) is 15.5. The summed E-state index contributed by atoms with van der Waals surface area (Å²) in [6.07, 6.45) is 5.35. The zero-order chi connectivity index (χ0) is 18.9. The Morgan fingerprint density at radius 2 is 1.52 bits per heavy atom. The number of nitrogens with zero attached hydrogens (tertiary/aromatic N) is 1. The summed E-state index contributed by atoms with van der Waals surface area (Å²) in [7, 11) is -3.33. The van der Waals surface area contributed by atoms with Gasteiger partial charge in [-0.1, -0.05) is 30.3 Å². The Morgan fingerprint density at radius 1 is 0.852 bits per heavy atom. The molecule has 0 aromatic heterocycles. The number of phenolic OH excluding ortho intramolecular Hbond substituents is 1. The van der Waals surface area contributed by atoms with Crippen molar-refractivity contribution in [2.24, 2.45) is 0 Å². The van der Waals surface area contributed by atoms with Crippen molar-refractivity contribution < 1.29 is 13.5 Å². The van der Waals surface area contributed by atoms with Crippen LogP contribution >= 0.6 is 0 Å². The minimum Gasteiger partial charge on any atom is -0.508 e. The van der Waals surface area contributed by atoms with E-state index in [1.807, 2.05) is 0 Å². The molecule has 2 aromatic rings. The summed E-state index contributed by atoms with van der Waals surface area (Å²) in [5.74, 6) is 0.735. The summed E-state index contributed by atoms with van der Waals surface area (Å²) in [6, 6.07) is 17.2. The third-order valence-electron chi connectivity index (χ3n) is 6.26. The van der Waals surface area contributed by atoms with Crippen molar-refractivity contribution in [2.45, 2.75) is 54.2 Å². The molecule has 1 saturated carbocycles. The van der Waals surface area contributed by atoms with E-state index in [-0.39, 0.29) is 11.0 Å². The van der Waals surface area contributed by atoms with Crippen molar-refractivity contribution in [1.82, 2.24) is 4.90 Å². The molecule has 4 nitrogen and oxygen atoms in total. The lowest BCUT2D eigenvalue weighted by Crippen LogP contribution is -2.37. The maximum absolute atomic E-state index is 12.9. The van der Waals surface area contributed by atoms with Crippen LogP contribution in [0.2, 0.25) is 0 Å². The van der Waals surface area contributed by atoms with Crippen LogP contribution in [-0.4, -0.2) is 42.8 Å². The largest absolute Gasteiger partial charge is 0.508 e. The molecule has 1 aliphatic carbocycles. The molecule has 0 amide bonds. The first-order valence-electron chi connectivity index (χ1n) is 9.86. The molecule has 0 radical (unpaired) electrons. The molecule has 1 N–H and O–H groups in total. The monoisotopic (exact) mass is 385 g/mol. The smallest absolute Gasteiger partial charge is 0.182 e. The second-order valence-corrected chi connectivity index (χ2v) is 10.1. The van der Waals surface area contributed by atoms with E-state index in [2.05, 4.69) is 35.2 Å².